The molecule has 11 nitrogen and oxygen atoms in total. The number of aliphatic hydroxyl groups excluding tert-OH is 2. The maximum Gasteiger partial charge on any atom is 0.167 e. The lowest BCUT2D eigenvalue weighted by atomic mass is 9.99. The van der Waals surface area contributed by atoms with Crippen LogP contribution in [0.3, 0.4) is 0 Å². The van der Waals surface area contributed by atoms with E-state index in [1.807, 2.05) is 20.8 Å². The van der Waals surface area contributed by atoms with Crippen LogP contribution in [-0.2, 0) is 9.47 Å². The summed E-state index contributed by atoms with van der Waals surface area (Å²) >= 11 is 0. The molecule has 57 heavy (non-hydrogen) atoms. The van der Waals surface area contributed by atoms with Gasteiger partial charge in [-0.3, -0.25) is 0 Å². The van der Waals surface area contributed by atoms with E-state index >= 15 is 0 Å². The van der Waals surface area contributed by atoms with Crippen LogP contribution in [0, 0.1) is 32.6 Å². The van der Waals surface area contributed by atoms with Crippen LogP contribution in [0.1, 0.15) is 95.8 Å². The van der Waals surface area contributed by atoms with E-state index in [2.05, 4.69) is 39.8 Å². The third-order valence-corrected chi connectivity index (χ3v) is 10.3. The van der Waals surface area contributed by atoms with Crippen LogP contribution in [0.15, 0.2) is 48.5 Å². The molecule has 0 radical (unpaired) electrons. The van der Waals surface area contributed by atoms with Crippen molar-refractivity contribution in [3.63, 3.8) is 0 Å². The lowest BCUT2D eigenvalue weighted by Crippen LogP contribution is -2.25. The van der Waals surface area contributed by atoms with Gasteiger partial charge >= 0.3 is 0 Å². The lowest BCUT2D eigenvalue weighted by molar-refractivity contribution is -0.00112. The first kappa shape index (κ1) is 45.4. The minimum Gasteiger partial charge on any atom is -0.507 e. The highest BCUT2D eigenvalue weighted by Gasteiger charge is 2.20. The third kappa shape index (κ3) is 13.9. The van der Waals surface area contributed by atoms with Gasteiger partial charge in [0.25, 0.3) is 0 Å². The molecule has 0 aliphatic carbocycles. The highest BCUT2D eigenvalue weighted by molar-refractivity contribution is 5.74. The standard InChI is InChI=1S/C46H65N3O8/c1-8-12-14-33(10-3)24-54-26-35(50)28-56-37-16-18-39(41(52)22-37)44-47-45(49-46(48-44)43-31(6)20-30(5)21-32(43)7)40-19-17-38(23-42(40)53)57-29-36(51)27-55-25-34(11-4)15-13-9-2/h16-23,33-36,50-53H,8-15,24-29H2,1-7H3. The van der Waals surface area contributed by atoms with E-state index in [1.54, 1.807) is 24.3 Å². The Bertz CT molecular complexity index is 1710. The van der Waals surface area contributed by atoms with E-state index in [1.165, 1.54) is 25.0 Å². The summed E-state index contributed by atoms with van der Waals surface area (Å²) < 4.78 is 23.2. The van der Waals surface area contributed by atoms with Gasteiger partial charge in [0.15, 0.2) is 17.5 Å². The summed E-state index contributed by atoms with van der Waals surface area (Å²) in [6.45, 7) is 16.2. The monoisotopic (exact) mass is 787 g/mol. The number of benzene rings is 3. The molecule has 0 spiro atoms. The van der Waals surface area contributed by atoms with E-state index < -0.39 is 12.2 Å². The first-order chi connectivity index (χ1) is 27.5. The number of phenolic OH excluding ortho intramolecular Hbond substituents is 2. The average Bonchev–Trinajstić information content (AvgIpc) is 3.18. The molecule has 11 heteroatoms. The molecule has 0 saturated carbocycles. The molecule has 0 aliphatic heterocycles. The van der Waals surface area contributed by atoms with Gasteiger partial charge < -0.3 is 39.4 Å². The summed E-state index contributed by atoms with van der Waals surface area (Å²) in [6.07, 6.45) is 7.28. The van der Waals surface area contributed by atoms with Gasteiger partial charge in [-0.05, 0) is 80.8 Å². The van der Waals surface area contributed by atoms with E-state index in [4.69, 9.17) is 33.9 Å². The SMILES string of the molecule is CCCCC(CC)COCC(O)COc1ccc(-c2nc(-c3ccc(OCC(O)COCC(CC)CCCC)cc3O)nc(-c3c(C)cc(C)cc3C)n2)c(O)c1. The Morgan fingerprint density at radius 3 is 1.35 bits per heavy atom. The van der Waals surface area contributed by atoms with Crippen molar-refractivity contribution in [2.24, 2.45) is 11.8 Å². The number of phenols is 2. The predicted octanol–water partition coefficient (Wildman–Crippen LogP) is 9.15. The zero-order chi connectivity index (χ0) is 41.3. The fraction of sp³-hybridized carbons (Fsp3) is 0.543. The molecule has 4 unspecified atom stereocenters. The highest BCUT2D eigenvalue weighted by atomic mass is 16.5. The van der Waals surface area contributed by atoms with Crippen LogP contribution in [0.25, 0.3) is 34.2 Å². The van der Waals surface area contributed by atoms with E-state index in [9.17, 15) is 20.4 Å². The van der Waals surface area contributed by atoms with Crippen LogP contribution in [0.5, 0.6) is 23.0 Å². The fourth-order valence-electron chi connectivity index (χ4n) is 6.86. The number of unbranched alkanes of at least 4 members (excludes halogenated alkanes) is 2. The van der Waals surface area contributed by atoms with Crippen molar-refractivity contribution in [3.8, 4) is 57.2 Å². The molecular formula is C46H65N3O8. The molecule has 0 saturated heterocycles. The molecule has 0 aliphatic rings. The Morgan fingerprint density at radius 1 is 0.544 bits per heavy atom. The Balaban J connectivity index is 1.51. The highest BCUT2D eigenvalue weighted by Crippen LogP contribution is 2.37. The molecule has 4 N–H and O–H groups in total. The van der Waals surface area contributed by atoms with E-state index in [-0.39, 0.29) is 49.6 Å². The summed E-state index contributed by atoms with van der Waals surface area (Å²) in [5, 5.41) is 43.5. The number of aliphatic hydroxyl groups is 2. The van der Waals surface area contributed by atoms with Crippen LogP contribution >= 0.6 is 0 Å². The van der Waals surface area contributed by atoms with Gasteiger partial charge in [-0.15, -0.1) is 0 Å². The Morgan fingerprint density at radius 2 is 0.965 bits per heavy atom. The summed E-state index contributed by atoms with van der Waals surface area (Å²) in [7, 11) is 0. The molecule has 4 atom stereocenters. The first-order valence-corrected chi connectivity index (χ1v) is 20.7. The third-order valence-electron chi connectivity index (χ3n) is 10.3. The molecule has 1 heterocycles. The van der Waals surface area contributed by atoms with Crippen LogP contribution in [0.2, 0.25) is 0 Å². The van der Waals surface area contributed by atoms with Gasteiger partial charge in [0, 0.05) is 30.9 Å². The van der Waals surface area contributed by atoms with Crippen molar-refractivity contribution >= 4 is 0 Å². The maximum absolute atomic E-state index is 11.2. The second-order valence-corrected chi connectivity index (χ2v) is 15.3. The number of ether oxygens (including phenoxy) is 4. The zero-order valence-electron chi connectivity index (χ0n) is 35.1. The Labute approximate surface area is 339 Å². The van der Waals surface area contributed by atoms with Gasteiger partial charge in [-0.2, -0.15) is 0 Å². The smallest absolute Gasteiger partial charge is 0.167 e. The largest absolute Gasteiger partial charge is 0.507 e. The molecule has 0 bridgehead atoms. The summed E-state index contributed by atoms with van der Waals surface area (Å²) in [5.41, 5.74) is 4.54. The minimum atomic E-state index is -0.826. The fourth-order valence-corrected chi connectivity index (χ4v) is 6.86. The number of aromatic hydroxyl groups is 2. The summed E-state index contributed by atoms with van der Waals surface area (Å²) in [6, 6.07) is 13.7. The number of hydrogen-bond acceptors (Lipinski definition) is 11. The van der Waals surface area contributed by atoms with Crippen molar-refractivity contribution in [2.75, 3.05) is 39.6 Å². The second-order valence-electron chi connectivity index (χ2n) is 15.3. The number of hydrogen-bond donors (Lipinski definition) is 4. The summed E-state index contributed by atoms with van der Waals surface area (Å²) in [4.78, 5) is 14.3. The summed E-state index contributed by atoms with van der Waals surface area (Å²) in [5.74, 6) is 2.22. The quantitative estimate of drug-likeness (QED) is 0.0508. The van der Waals surface area contributed by atoms with E-state index in [0.29, 0.717) is 53.5 Å². The Hall–Kier alpha value is -4.29. The van der Waals surface area contributed by atoms with Crippen molar-refractivity contribution in [3.05, 3.63) is 65.2 Å². The second kappa shape index (κ2) is 23.2. The Kier molecular flexibility index (Phi) is 18.5. The van der Waals surface area contributed by atoms with Crippen LogP contribution in [-0.4, -0.2) is 87.2 Å². The van der Waals surface area contributed by atoms with Crippen molar-refractivity contribution in [1.29, 1.82) is 0 Å². The molecule has 4 rings (SSSR count). The normalized spacial score (nSPS) is 13.6. The molecule has 1 aromatic heterocycles. The minimum absolute atomic E-state index is 0.000792. The van der Waals surface area contributed by atoms with Crippen molar-refractivity contribution < 1.29 is 39.4 Å². The molecule has 4 aromatic rings. The number of rotatable bonds is 25. The molecule has 0 fully saturated rings. The number of aryl methyl sites for hydroxylation is 3. The lowest BCUT2D eigenvalue weighted by Gasteiger charge is -2.17. The van der Waals surface area contributed by atoms with Crippen LogP contribution in [0.4, 0.5) is 0 Å². The van der Waals surface area contributed by atoms with Crippen molar-refractivity contribution in [2.45, 2.75) is 112 Å². The topological polar surface area (TPSA) is 157 Å². The predicted molar refractivity (Wildman–Crippen MR) is 225 cm³/mol. The number of nitrogens with zero attached hydrogens (tertiary/aromatic N) is 3. The van der Waals surface area contributed by atoms with Gasteiger partial charge in [0.1, 0.15) is 48.4 Å². The van der Waals surface area contributed by atoms with Gasteiger partial charge in [0.05, 0.1) is 24.3 Å². The molecule has 3 aromatic carbocycles. The molecule has 312 valence electrons. The van der Waals surface area contributed by atoms with Crippen molar-refractivity contribution in [1.82, 2.24) is 15.0 Å². The molecular weight excluding hydrogens is 723 g/mol. The zero-order valence-corrected chi connectivity index (χ0v) is 35.1. The average molecular weight is 788 g/mol. The first-order valence-electron chi connectivity index (χ1n) is 20.7. The van der Waals surface area contributed by atoms with Gasteiger partial charge in [-0.1, -0.05) is 83.9 Å². The maximum atomic E-state index is 11.2. The van der Waals surface area contributed by atoms with Gasteiger partial charge in [-0.25, -0.2) is 15.0 Å². The van der Waals surface area contributed by atoms with Gasteiger partial charge in [0.2, 0.25) is 0 Å². The molecule has 0 amide bonds. The number of aromatic nitrogens is 3. The van der Waals surface area contributed by atoms with Crippen LogP contribution < -0.4 is 9.47 Å². The van der Waals surface area contributed by atoms with E-state index in [0.717, 1.165) is 60.8 Å².